The number of ketones is 1. The molecule has 3 rings (SSSR count). The molecule has 1 unspecified atom stereocenters. The largest absolute Gasteiger partial charge is 0.384 e. The fourth-order valence-corrected chi connectivity index (χ4v) is 2.68. The zero-order valence-electron chi connectivity index (χ0n) is 15.6. The molecule has 0 radical (unpaired) electrons. The molecule has 0 saturated carbocycles. The summed E-state index contributed by atoms with van der Waals surface area (Å²) in [7, 11) is 0. The Morgan fingerprint density at radius 1 is 0.893 bits per heavy atom. The van der Waals surface area contributed by atoms with Crippen LogP contribution in [0.4, 0.5) is 5.69 Å². The summed E-state index contributed by atoms with van der Waals surface area (Å²) in [5.41, 5.74) is 9.24. The van der Waals surface area contributed by atoms with Crippen LogP contribution in [0.2, 0.25) is 0 Å². The van der Waals surface area contributed by atoms with E-state index in [1.54, 1.807) is 24.3 Å². The van der Waals surface area contributed by atoms with Crippen LogP contribution in [0.5, 0.6) is 0 Å². The lowest BCUT2D eigenvalue weighted by molar-refractivity contribution is 0.103. The maximum atomic E-state index is 12.4. The Labute approximate surface area is 164 Å². The van der Waals surface area contributed by atoms with Crippen LogP contribution in [0.25, 0.3) is 0 Å². The first-order chi connectivity index (χ1) is 13.5. The third kappa shape index (κ3) is 4.87. The molecule has 0 bridgehead atoms. The first-order valence-corrected chi connectivity index (χ1v) is 8.95. The van der Waals surface area contributed by atoms with E-state index < -0.39 is 0 Å². The zero-order valence-corrected chi connectivity index (χ0v) is 15.6. The Bertz CT molecular complexity index is 1030. The summed E-state index contributed by atoms with van der Waals surface area (Å²) < 4.78 is 0. The highest BCUT2D eigenvalue weighted by Crippen LogP contribution is 2.12. The van der Waals surface area contributed by atoms with Gasteiger partial charge in [-0.15, -0.1) is 0 Å². The van der Waals surface area contributed by atoms with Gasteiger partial charge in [0, 0.05) is 27.9 Å². The van der Waals surface area contributed by atoms with Gasteiger partial charge in [0.2, 0.25) is 0 Å². The molecule has 0 fully saturated rings. The number of nitrogens with two attached hydrogens (primary N) is 1. The quantitative estimate of drug-likeness (QED) is 0.275. The van der Waals surface area contributed by atoms with Crippen molar-refractivity contribution in [3.05, 3.63) is 101 Å². The molecule has 3 aromatic rings. The van der Waals surface area contributed by atoms with Crippen molar-refractivity contribution in [2.24, 2.45) is 5.73 Å². The van der Waals surface area contributed by atoms with Crippen LogP contribution < -0.4 is 11.1 Å². The average molecular weight is 367 g/mol. The van der Waals surface area contributed by atoms with Crippen LogP contribution in [0.15, 0.2) is 78.9 Å². The zero-order chi connectivity index (χ0) is 19.9. The van der Waals surface area contributed by atoms with E-state index in [9.17, 15) is 4.79 Å². The van der Waals surface area contributed by atoms with Gasteiger partial charge in [-0.3, -0.25) is 10.2 Å². The van der Waals surface area contributed by atoms with Crippen LogP contribution >= 0.6 is 0 Å². The normalized spacial score (nSPS) is 11.0. The number of nitrogen functional groups attached to an aromatic ring is 1. The van der Waals surface area contributed by atoms with E-state index in [-0.39, 0.29) is 17.7 Å². The van der Waals surface area contributed by atoms with E-state index in [0.29, 0.717) is 16.7 Å². The molecule has 0 aromatic heterocycles. The fraction of sp³-hybridized carbons (Fsp3) is 0.0833. The van der Waals surface area contributed by atoms with Gasteiger partial charge in [-0.05, 0) is 55.5 Å². The Kier molecular flexibility index (Phi) is 5.88. The second-order valence-electron chi connectivity index (χ2n) is 6.40. The van der Waals surface area contributed by atoms with Gasteiger partial charge in [0.15, 0.2) is 5.78 Å². The number of amidine groups is 1. The Balaban J connectivity index is 1.63. The van der Waals surface area contributed by atoms with E-state index in [2.05, 4.69) is 17.2 Å². The second-order valence-corrected chi connectivity index (χ2v) is 6.40. The minimum Gasteiger partial charge on any atom is -0.384 e. The van der Waals surface area contributed by atoms with E-state index in [1.807, 2.05) is 61.5 Å². The van der Waals surface area contributed by atoms with Gasteiger partial charge in [0.1, 0.15) is 5.84 Å². The number of hydrogen-bond acceptors (Lipinski definition) is 3. The number of nitrogens with one attached hydrogen (secondary N) is 2. The lowest BCUT2D eigenvalue weighted by atomic mass is 10.0. The van der Waals surface area contributed by atoms with Gasteiger partial charge < -0.3 is 11.1 Å². The van der Waals surface area contributed by atoms with Gasteiger partial charge in [0.05, 0.1) is 6.04 Å². The average Bonchev–Trinajstić information content (AvgIpc) is 2.73. The number of carbonyl (C=O) groups excluding carboxylic acids is 1. The second kappa shape index (κ2) is 8.70. The molecule has 138 valence electrons. The molecule has 4 nitrogen and oxygen atoms in total. The van der Waals surface area contributed by atoms with E-state index in [0.717, 1.165) is 11.3 Å². The molecule has 4 heteroatoms. The Morgan fingerprint density at radius 3 is 2.07 bits per heavy atom. The SMILES string of the molecule is CC(C#Cc1ccc(C(=O)c2ccccc2)cc1)Nc1ccc(C(=N)N)cc1. The summed E-state index contributed by atoms with van der Waals surface area (Å²) in [6, 6.07) is 23.8. The number of rotatable bonds is 5. The fourth-order valence-electron chi connectivity index (χ4n) is 2.68. The number of benzene rings is 3. The number of carbonyl (C=O) groups is 1. The van der Waals surface area contributed by atoms with Crippen LogP contribution in [-0.4, -0.2) is 17.7 Å². The van der Waals surface area contributed by atoms with Gasteiger partial charge in [-0.25, -0.2) is 0 Å². The summed E-state index contributed by atoms with van der Waals surface area (Å²) >= 11 is 0. The maximum Gasteiger partial charge on any atom is 0.193 e. The molecule has 0 amide bonds. The topological polar surface area (TPSA) is 79.0 Å². The number of hydrogen-bond donors (Lipinski definition) is 3. The lowest BCUT2D eigenvalue weighted by Gasteiger charge is -2.09. The van der Waals surface area contributed by atoms with Crippen molar-refractivity contribution in [1.29, 1.82) is 5.41 Å². The highest BCUT2D eigenvalue weighted by Gasteiger charge is 2.07. The lowest BCUT2D eigenvalue weighted by Crippen LogP contribution is -2.13. The summed E-state index contributed by atoms with van der Waals surface area (Å²) in [5.74, 6) is 6.33. The van der Waals surface area contributed by atoms with Crippen molar-refractivity contribution < 1.29 is 4.79 Å². The monoisotopic (exact) mass is 367 g/mol. The first-order valence-electron chi connectivity index (χ1n) is 8.95. The summed E-state index contributed by atoms with van der Waals surface area (Å²) in [6.45, 7) is 1.97. The summed E-state index contributed by atoms with van der Waals surface area (Å²) in [4.78, 5) is 12.4. The maximum absolute atomic E-state index is 12.4. The van der Waals surface area contributed by atoms with Crippen LogP contribution in [-0.2, 0) is 0 Å². The first kappa shape index (κ1) is 18.9. The number of anilines is 1. The highest BCUT2D eigenvalue weighted by atomic mass is 16.1. The molecular formula is C24H21N3O. The molecular weight excluding hydrogens is 346 g/mol. The van der Waals surface area contributed by atoms with E-state index in [1.165, 1.54) is 0 Å². The third-order valence-corrected chi connectivity index (χ3v) is 4.20. The van der Waals surface area contributed by atoms with Crippen LogP contribution in [0, 0.1) is 17.3 Å². The molecule has 0 aliphatic heterocycles. The van der Waals surface area contributed by atoms with Crippen molar-refractivity contribution in [2.45, 2.75) is 13.0 Å². The molecule has 1 atom stereocenters. The highest BCUT2D eigenvalue weighted by molar-refractivity contribution is 6.08. The van der Waals surface area contributed by atoms with Crippen molar-refractivity contribution >= 4 is 17.3 Å². The van der Waals surface area contributed by atoms with Crippen LogP contribution in [0.3, 0.4) is 0 Å². The van der Waals surface area contributed by atoms with Crippen LogP contribution in [0.1, 0.15) is 34.0 Å². The van der Waals surface area contributed by atoms with Gasteiger partial charge >= 0.3 is 0 Å². The summed E-state index contributed by atoms with van der Waals surface area (Å²) in [6.07, 6.45) is 0. The van der Waals surface area contributed by atoms with Gasteiger partial charge in [0.25, 0.3) is 0 Å². The van der Waals surface area contributed by atoms with Gasteiger partial charge in [-0.1, -0.05) is 42.2 Å². The van der Waals surface area contributed by atoms with Crippen molar-refractivity contribution in [2.75, 3.05) is 5.32 Å². The Morgan fingerprint density at radius 2 is 1.46 bits per heavy atom. The minimum atomic E-state index is -0.0613. The molecule has 0 spiro atoms. The Hall–Kier alpha value is -3.84. The predicted molar refractivity (Wildman–Crippen MR) is 114 cm³/mol. The molecule has 0 heterocycles. The standard InChI is InChI=1S/C24H21N3O/c1-17(27-22-15-13-21(14-16-22)24(25)26)7-8-18-9-11-20(12-10-18)23(28)19-5-3-2-4-6-19/h2-6,9-17,27H,1H3,(H3,25,26). The summed E-state index contributed by atoms with van der Waals surface area (Å²) in [5, 5.41) is 10.7. The smallest absolute Gasteiger partial charge is 0.193 e. The minimum absolute atomic E-state index is 0.00384. The van der Waals surface area contributed by atoms with Crippen molar-refractivity contribution in [3.63, 3.8) is 0 Å². The molecule has 28 heavy (non-hydrogen) atoms. The van der Waals surface area contributed by atoms with E-state index in [4.69, 9.17) is 11.1 Å². The van der Waals surface area contributed by atoms with Crippen molar-refractivity contribution in [1.82, 2.24) is 0 Å². The van der Waals surface area contributed by atoms with E-state index >= 15 is 0 Å². The molecule has 3 aromatic carbocycles. The third-order valence-electron chi connectivity index (χ3n) is 4.20. The molecule has 0 aliphatic carbocycles. The molecule has 4 N–H and O–H groups in total. The predicted octanol–water partition coefficient (Wildman–Crippen LogP) is 4.05. The molecule has 0 aliphatic rings. The van der Waals surface area contributed by atoms with Crippen molar-refractivity contribution in [3.8, 4) is 11.8 Å². The van der Waals surface area contributed by atoms with Gasteiger partial charge in [-0.2, -0.15) is 0 Å². The molecule has 0 saturated heterocycles.